The Kier molecular flexibility index (Phi) is 6.81. The highest BCUT2D eigenvalue weighted by Crippen LogP contribution is 2.13. The molecule has 6 heteroatoms. The third-order valence-electron chi connectivity index (χ3n) is 1.67. The van der Waals surface area contributed by atoms with E-state index in [1.54, 1.807) is 6.92 Å². The van der Waals surface area contributed by atoms with Gasteiger partial charge in [-0.05, 0) is 26.6 Å². The van der Waals surface area contributed by atoms with Crippen molar-refractivity contribution >= 4 is 23.8 Å². The van der Waals surface area contributed by atoms with Gasteiger partial charge in [0.05, 0.1) is 9.52 Å². The summed E-state index contributed by atoms with van der Waals surface area (Å²) in [5, 5.41) is 8.82. The Bertz CT molecular complexity index is 248. The van der Waals surface area contributed by atoms with Gasteiger partial charge in [-0.3, -0.25) is 0 Å². The molecule has 0 aromatic rings. The van der Waals surface area contributed by atoms with Crippen LogP contribution in [-0.4, -0.2) is 41.4 Å². The SMILES string of the molecule is C=C(C)C(=O)OC(C[SiH2]CO)O[Si](C)(C)C. The van der Waals surface area contributed by atoms with Gasteiger partial charge in [-0.15, -0.1) is 0 Å². The number of aliphatic hydroxyl groups excluding tert-OH is 1. The average Bonchev–Trinajstić information content (AvgIpc) is 2.11. The zero-order valence-corrected chi connectivity index (χ0v) is 13.0. The Labute approximate surface area is 101 Å². The van der Waals surface area contributed by atoms with Gasteiger partial charge in [0.15, 0.2) is 14.6 Å². The van der Waals surface area contributed by atoms with Crippen LogP contribution in [0.1, 0.15) is 6.92 Å². The second-order valence-corrected chi connectivity index (χ2v) is 10.9. The van der Waals surface area contributed by atoms with E-state index in [1.165, 1.54) is 0 Å². The fraction of sp³-hybridized carbons (Fsp3) is 0.700. The number of esters is 1. The van der Waals surface area contributed by atoms with Crippen LogP contribution in [0.2, 0.25) is 25.7 Å². The topological polar surface area (TPSA) is 55.8 Å². The molecule has 0 heterocycles. The minimum Gasteiger partial charge on any atom is -0.434 e. The van der Waals surface area contributed by atoms with E-state index in [9.17, 15) is 4.79 Å². The molecule has 0 spiro atoms. The summed E-state index contributed by atoms with van der Waals surface area (Å²) in [4.78, 5) is 11.4. The second kappa shape index (κ2) is 7.00. The van der Waals surface area contributed by atoms with E-state index in [-0.39, 0.29) is 6.23 Å². The van der Waals surface area contributed by atoms with Crippen molar-refractivity contribution < 1.29 is 19.1 Å². The Balaban J connectivity index is 4.31. The van der Waals surface area contributed by atoms with Crippen LogP contribution in [0.15, 0.2) is 12.2 Å². The van der Waals surface area contributed by atoms with E-state index in [0.717, 1.165) is 0 Å². The molecule has 0 bridgehead atoms. The molecule has 0 saturated heterocycles. The Morgan fingerprint density at radius 2 is 2.06 bits per heavy atom. The standard InChI is InChI=1S/C10H22O4Si2/c1-8(2)10(12)13-9(6-15-7-11)14-16(3,4)5/h9,11H,1,6-7,15H2,2-5H3. The quantitative estimate of drug-likeness (QED) is 0.319. The lowest BCUT2D eigenvalue weighted by atomic mass is 10.4. The van der Waals surface area contributed by atoms with Crippen LogP contribution in [0, 0.1) is 0 Å². The number of aliphatic hydroxyl groups is 1. The van der Waals surface area contributed by atoms with Crippen LogP contribution in [-0.2, 0) is 14.0 Å². The summed E-state index contributed by atoms with van der Waals surface area (Å²) in [5.74, 6) is -0.421. The van der Waals surface area contributed by atoms with Crippen LogP contribution in [0.4, 0.5) is 0 Å². The largest absolute Gasteiger partial charge is 0.434 e. The lowest BCUT2D eigenvalue weighted by molar-refractivity contribution is -0.157. The van der Waals surface area contributed by atoms with Gasteiger partial charge < -0.3 is 14.3 Å². The summed E-state index contributed by atoms with van der Waals surface area (Å²) < 4.78 is 10.9. The van der Waals surface area contributed by atoms with Crippen LogP contribution >= 0.6 is 0 Å². The molecule has 0 amide bonds. The summed E-state index contributed by atoms with van der Waals surface area (Å²) in [6.07, 6.45) is -0.300. The highest BCUT2D eigenvalue weighted by atomic mass is 28.4. The normalized spacial score (nSPS) is 14.1. The molecule has 94 valence electrons. The monoisotopic (exact) mass is 262 g/mol. The second-order valence-electron chi connectivity index (χ2n) is 4.71. The number of hydrogen-bond acceptors (Lipinski definition) is 4. The fourth-order valence-corrected chi connectivity index (χ4v) is 2.96. The molecule has 1 N–H and O–H groups in total. The number of ether oxygens (including phenoxy) is 1. The molecule has 1 unspecified atom stereocenters. The molecule has 0 aliphatic heterocycles. The molecule has 1 atom stereocenters. The molecule has 0 aromatic heterocycles. The van der Waals surface area contributed by atoms with Crippen LogP contribution in [0.3, 0.4) is 0 Å². The Morgan fingerprint density at radius 1 is 1.50 bits per heavy atom. The molecule has 0 aromatic carbocycles. The summed E-state index contributed by atoms with van der Waals surface area (Å²) in [6, 6.07) is 0.653. The first-order valence-electron chi connectivity index (χ1n) is 5.41. The van der Waals surface area contributed by atoms with Gasteiger partial charge in [0.25, 0.3) is 0 Å². The third-order valence-corrected chi connectivity index (χ3v) is 3.84. The maximum atomic E-state index is 11.4. The summed E-state index contributed by atoms with van der Waals surface area (Å²) >= 11 is 0. The van der Waals surface area contributed by atoms with Gasteiger partial charge >= 0.3 is 5.97 Å². The van der Waals surface area contributed by atoms with E-state index < -0.39 is 30.1 Å². The zero-order chi connectivity index (χ0) is 12.8. The third kappa shape index (κ3) is 7.80. The number of hydrogen-bond donors (Lipinski definition) is 1. The first-order valence-corrected chi connectivity index (χ1v) is 10.8. The summed E-state index contributed by atoms with van der Waals surface area (Å²) in [7, 11) is -2.35. The first-order chi connectivity index (χ1) is 7.26. The van der Waals surface area contributed by atoms with Crippen molar-refractivity contribution in [1.82, 2.24) is 0 Å². The highest BCUT2D eigenvalue weighted by Gasteiger charge is 2.23. The smallest absolute Gasteiger partial charge is 0.335 e. The highest BCUT2D eigenvalue weighted by molar-refractivity contribution is 6.69. The van der Waals surface area contributed by atoms with E-state index in [0.29, 0.717) is 11.6 Å². The van der Waals surface area contributed by atoms with Gasteiger partial charge in [0.2, 0.25) is 0 Å². The van der Waals surface area contributed by atoms with E-state index in [1.807, 2.05) is 19.6 Å². The van der Waals surface area contributed by atoms with E-state index >= 15 is 0 Å². The van der Waals surface area contributed by atoms with Crippen molar-refractivity contribution in [3.05, 3.63) is 12.2 Å². The van der Waals surface area contributed by atoms with Crippen molar-refractivity contribution in [2.24, 2.45) is 0 Å². The van der Waals surface area contributed by atoms with Crippen molar-refractivity contribution in [3.8, 4) is 0 Å². The van der Waals surface area contributed by atoms with Gasteiger partial charge in [-0.25, -0.2) is 4.79 Å². The minimum absolute atomic E-state index is 0.205. The maximum Gasteiger partial charge on any atom is 0.335 e. The molecule has 0 aliphatic rings. The maximum absolute atomic E-state index is 11.4. The molecule has 0 saturated carbocycles. The van der Waals surface area contributed by atoms with Crippen molar-refractivity contribution in [2.45, 2.75) is 38.9 Å². The molecule has 0 rings (SSSR count). The molecular formula is C10H22O4Si2. The first kappa shape index (κ1) is 15.6. The van der Waals surface area contributed by atoms with Gasteiger partial charge in [0, 0.05) is 17.8 Å². The number of carbonyl (C=O) groups is 1. The van der Waals surface area contributed by atoms with Crippen LogP contribution < -0.4 is 0 Å². The lowest BCUT2D eigenvalue weighted by Crippen LogP contribution is -2.35. The van der Waals surface area contributed by atoms with Gasteiger partial charge in [-0.1, -0.05) is 6.58 Å². The molecule has 0 fully saturated rings. The van der Waals surface area contributed by atoms with Crippen molar-refractivity contribution in [3.63, 3.8) is 0 Å². The van der Waals surface area contributed by atoms with E-state index in [4.69, 9.17) is 14.3 Å². The number of carbonyl (C=O) groups excluding carboxylic acids is 1. The summed E-state index contributed by atoms with van der Waals surface area (Å²) in [5.41, 5.74) is 0.370. The van der Waals surface area contributed by atoms with Crippen LogP contribution in [0.25, 0.3) is 0 Å². The predicted octanol–water partition coefficient (Wildman–Crippen LogP) is 0.820. The van der Waals surface area contributed by atoms with Gasteiger partial charge in [0.1, 0.15) is 0 Å². The minimum atomic E-state index is -1.74. The number of rotatable bonds is 7. The van der Waals surface area contributed by atoms with E-state index in [2.05, 4.69) is 6.58 Å². The molecule has 0 radical (unpaired) electrons. The Hall–Kier alpha value is -0.436. The molecule has 16 heavy (non-hydrogen) atoms. The summed E-state index contributed by atoms with van der Waals surface area (Å²) in [6.45, 7) is 11.2. The van der Waals surface area contributed by atoms with Gasteiger partial charge in [-0.2, -0.15) is 0 Å². The Morgan fingerprint density at radius 3 is 2.44 bits per heavy atom. The molecular weight excluding hydrogens is 240 g/mol. The van der Waals surface area contributed by atoms with Crippen molar-refractivity contribution in [2.75, 3.05) is 6.23 Å². The molecule has 4 nitrogen and oxygen atoms in total. The zero-order valence-electron chi connectivity index (χ0n) is 10.6. The molecule has 0 aliphatic carbocycles. The van der Waals surface area contributed by atoms with Crippen molar-refractivity contribution in [1.29, 1.82) is 0 Å². The predicted molar refractivity (Wildman–Crippen MR) is 69.6 cm³/mol. The van der Waals surface area contributed by atoms with Crippen LogP contribution in [0.5, 0.6) is 0 Å². The average molecular weight is 262 g/mol. The lowest BCUT2D eigenvalue weighted by Gasteiger charge is -2.26. The fourth-order valence-electron chi connectivity index (χ4n) is 1.01.